The van der Waals surface area contributed by atoms with Gasteiger partial charge >= 0.3 is 0 Å². The van der Waals surface area contributed by atoms with Gasteiger partial charge in [0.15, 0.2) is 11.5 Å². The summed E-state index contributed by atoms with van der Waals surface area (Å²) in [4.78, 5) is 24.8. The molecule has 0 atom stereocenters. The Hall–Kier alpha value is -2.29. The molecule has 3 aromatic rings. The van der Waals surface area contributed by atoms with Crippen LogP contribution < -0.4 is 9.80 Å². The maximum absolute atomic E-state index is 4.45. The lowest BCUT2D eigenvalue weighted by atomic mass is 10.3. The van der Waals surface area contributed by atoms with Crippen LogP contribution in [0.2, 0.25) is 0 Å². The summed E-state index contributed by atoms with van der Waals surface area (Å²) in [5.41, 5.74) is 1.61. The lowest BCUT2D eigenvalue weighted by molar-refractivity contribution is 0.646. The molecule has 0 aromatic carbocycles. The fourth-order valence-electron chi connectivity index (χ4n) is 2.52. The van der Waals surface area contributed by atoms with Crippen LogP contribution in [0.15, 0.2) is 12.7 Å². The molecule has 8 nitrogen and oxygen atoms in total. The number of aryl methyl sites for hydroxylation is 1. The maximum atomic E-state index is 4.45. The van der Waals surface area contributed by atoms with E-state index in [1.54, 1.807) is 12.7 Å². The standard InChI is InChI=1S/C12H14N8S/c1-8-17-12(21-18-8)20-4-2-19(3-5-20)11-9-10(14-6-13-9)15-7-16-11/h6-7H,2-5H2,1H3,(H,13,14,15,16). The van der Waals surface area contributed by atoms with E-state index in [1.165, 1.54) is 11.5 Å². The third-order valence-corrected chi connectivity index (χ3v) is 4.44. The number of hydrogen-bond donors (Lipinski definition) is 1. The summed E-state index contributed by atoms with van der Waals surface area (Å²) in [5.74, 6) is 1.76. The Morgan fingerprint density at radius 1 is 1.10 bits per heavy atom. The molecule has 1 N–H and O–H groups in total. The van der Waals surface area contributed by atoms with Crippen molar-refractivity contribution >= 4 is 33.6 Å². The van der Waals surface area contributed by atoms with Crippen molar-refractivity contribution in [3.8, 4) is 0 Å². The van der Waals surface area contributed by atoms with E-state index in [-0.39, 0.29) is 0 Å². The molecule has 108 valence electrons. The third-order valence-electron chi connectivity index (χ3n) is 3.57. The number of hydrogen-bond acceptors (Lipinski definition) is 8. The Kier molecular flexibility index (Phi) is 2.92. The first-order valence-corrected chi connectivity index (χ1v) is 7.53. The van der Waals surface area contributed by atoms with Crippen molar-refractivity contribution in [3.05, 3.63) is 18.5 Å². The van der Waals surface area contributed by atoms with Crippen molar-refractivity contribution in [1.82, 2.24) is 29.3 Å². The van der Waals surface area contributed by atoms with E-state index in [2.05, 4.69) is 39.1 Å². The van der Waals surface area contributed by atoms with E-state index in [0.29, 0.717) is 5.65 Å². The Labute approximate surface area is 125 Å². The van der Waals surface area contributed by atoms with Crippen LogP contribution in [-0.2, 0) is 0 Å². The second kappa shape index (κ2) is 4.92. The third kappa shape index (κ3) is 2.19. The molecule has 21 heavy (non-hydrogen) atoms. The molecular formula is C12H14N8S. The number of imidazole rings is 1. The van der Waals surface area contributed by atoms with E-state index in [4.69, 9.17) is 0 Å². The van der Waals surface area contributed by atoms with Crippen molar-refractivity contribution < 1.29 is 0 Å². The Bertz CT molecular complexity index is 757. The molecule has 0 bridgehead atoms. The number of rotatable bonds is 2. The highest BCUT2D eigenvalue weighted by Crippen LogP contribution is 2.23. The molecule has 0 saturated carbocycles. The summed E-state index contributed by atoms with van der Waals surface area (Å²) in [6, 6.07) is 0. The minimum absolute atomic E-state index is 0.710. The average Bonchev–Trinajstić information content (AvgIpc) is 3.15. The number of piperazine rings is 1. The Morgan fingerprint density at radius 3 is 2.67 bits per heavy atom. The zero-order valence-electron chi connectivity index (χ0n) is 11.5. The van der Waals surface area contributed by atoms with Crippen molar-refractivity contribution in [2.24, 2.45) is 0 Å². The van der Waals surface area contributed by atoms with Crippen molar-refractivity contribution in [3.63, 3.8) is 0 Å². The zero-order chi connectivity index (χ0) is 14.2. The molecule has 4 rings (SSSR count). The molecule has 1 fully saturated rings. The van der Waals surface area contributed by atoms with Gasteiger partial charge in [0.25, 0.3) is 0 Å². The number of H-pyrrole nitrogens is 1. The lowest BCUT2D eigenvalue weighted by Crippen LogP contribution is -2.47. The second-order valence-corrected chi connectivity index (χ2v) is 5.63. The molecule has 1 aliphatic heterocycles. The van der Waals surface area contributed by atoms with Crippen LogP contribution in [0.1, 0.15) is 5.82 Å². The summed E-state index contributed by atoms with van der Waals surface area (Å²) in [5, 5.41) is 1.00. The van der Waals surface area contributed by atoms with E-state index in [1.807, 2.05) is 6.92 Å². The van der Waals surface area contributed by atoms with Crippen LogP contribution in [0, 0.1) is 6.92 Å². The van der Waals surface area contributed by atoms with Crippen LogP contribution in [0.5, 0.6) is 0 Å². The van der Waals surface area contributed by atoms with Gasteiger partial charge in [0.05, 0.1) is 6.33 Å². The van der Waals surface area contributed by atoms with Gasteiger partial charge in [-0.3, -0.25) is 0 Å². The molecule has 3 aromatic heterocycles. The predicted molar refractivity (Wildman–Crippen MR) is 80.8 cm³/mol. The normalized spacial score (nSPS) is 15.9. The Balaban J connectivity index is 1.53. The van der Waals surface area contributed by atoms with Gasteiger partial charge < -0.3 is 14.8 Å². The van der Waals surface area contributed by atoms with Gasteiger partial charge in [-0.15, -0.1) is 0 Å². The molecule has 4 heterocycles. The SMILES string of the molecule is Cc1nsc(N2CCN(c3ncnc4nc[nH]c34)CC2)n1. The first-order valence-electron chi connectivity index (χ1n) is 6.75. The molecule has 0 unspecified atom stereocenters. The van der Waals surface area contributed by atoms with Crippen LogP contribution >= 0.6 is 11.5 Å². The van der Waals surface area contributed by atoms with Gasteiger partial charge in [-0.2, -0.15) is 4.37 Å². The van der Waals surface area contributed by atoms with E-state index >= 15 is 0 Å². The summed E-state index contributed by atoms with van der Waals surface area (Å²) >= 11 is 1.46. The molecule has 1 aliphatic rings. The molecule has 0 spiro atoms. The van der Waals surface area contributed by atoms with Gasteiger partial charge in [0, 0.05) is 37.7 Å². The largest absolute Gasteiger partial charge is 0.351 e. The summed E-state index contributed by atoms with van der Waals surface area (Å²) in [6.45, 7) is 5.53. The van der Waals surface area contributed by atoms with Gasteiger partial charge in [-0.05, 0) is 6.92 Å². The number of aromatic nitrogens is 6. The summed E-state index contributed by atoms with van der Waals surface area (Å²) in [6.07, 6.45) is 3.22. The molecule has 1 saturated heterocycles. The fraction of sp³-hybridized carbons (Fsp3) is 0.417. The van der Waals surface area contributed by atoms with Crippen LogP contribution in [0.3, 0.4) is 0 Å². The van der Waals surface area contributed by atoms with Crippen LogP contribution in [0.25, 0.3) is 11.2 Å². The zero-order valence-corrected chi connectivity index (χ0v) is 12.3. The number of fused-ring (bicyclic) bond motifs is 1. The minimum atomic E-state index is 0.710. The van der Waals surface area contributed by atoms with Gasteiger partial charge in [-0.25, -0.2) is 19.9 Å². The molecule has 0 amide bonds. The highest BCUT2D eigenvalue weighted by atomic mass is 32.1. The van der Waals surface area contributed by atoms with Crippen molar-refractivity contribution in [2.75, 3.05) is 36.0 Å². The molecule has 9 heteroatoms. The van der Waals surface area contributed by atoms with Crippen molar-refractivity contribution in [2.45, 2.75) is 6.92 Å². The van der Waals surface area contributed by atoms with E-state index in [0.717, 1.165) is 48.5 Å². The fourth-order valence-corrected chi connectivity index (χ4v) is 3.24. The highest BCUT2D eigenvalue weighted by Gasteiger charge is 2.22. The molecule has 0 aliphatic carbocycles. The predicted octanol–water partition coefficient (Wildman–Crippen LogP) is 0.839. The number of aromatic amines is 1. The van der Waals surface area contributed by atoms with Gasteiger partial charge in [-0.1, -0.05) is 0 Å². The minimum Gasteiger partial charge on any atom is -0.351 e. The van der Waals surface area contributed by atoms with E-state index < -0.39 is 0 Å². The smallest absolute Gasteiger partial charge is 0.205 e. The lowest BCUT2D eigenvalue weighted by Gasteiger charge is -2.35. The Morgan fingerprint density at radius 2 is 1.90 bits per heavy atom. The summed E-state index contributed by atoms with van der Waals surface area (Å²) < 4.78 is 4.24. The first kappa shape index (κ1) is 12.5. The number of nitrogens with one attached hydrogen (secondary N) is 1. The van der Waals surface area contributed by atoms with E-state index in [9.17, 15) is 0 Å². The van der Waals surface area contributed by atoms with Gasteiger partial charge in [0.1, 0.15) is 17.7 Å². The van der Waals surface area contributed by atoms with Crippen molar-refractivity contribution in [1.29, 1.82) is 0 Å². The second-order valence-electron chi connectivity index (χ2n) is 4.90. The van der Waals surface area contributed by atoms with Crippen LogP contribution in [-0.4, -0.2) is 55.5 Å². The number of nitrogens with zero attached hydrogens (tertiary/aromatic N) is 7. The first-order chi connectivity index (χ1) is 10.3. The maximum Gasteiger partial charge on any atom is 0.205 e. The topological polar surface area (TPSA) is 86.7 Å². The average molecular weight is 302 g/mol. The monoisotopic (exact) mass is 302 g/mol. The number of anilines is 2. The van der Waals surface area contributed by atoms with Crippen LogP contribution in [0.4, 0.5) is 10.9 Å². The highest BCUT2D eigenvalue weighted by molar-refractivity contribution is 7.09. The van der Waals surface area contributed by atoms with Gasteiger partial charge in [0.2, 0.25) is 5.13 Å². The quantitative estimate of drug-likeness (QED) is 0.750. The molecular weight excluding hydrogens is 288 g/mol. The summed E-state index contributed by atoms with van der Waals surface area (Å²) in [7, 11) is 0. The molecule has 0 radical (unpaired) electrons.